The van der Waals surface area contributed by atoms with Crippen LogP contribution in [0.4, 0.5) is 0 Å². The molecule has 8 nitrogen and oxygen atoms in total. The van der Waals surface area contributed by atoms with Crippen molar-refractivity contribution in [3.8, 4) is 0 Å². The van der Waals surface area contributed by atoms with Gasteiger partial charge in [-0.2, -0.15) is 0 Å². The molecule has 4 atom stereocenters. The Balaban J connectivity index is 0. The quantitative estimate of drug-likeness (QED) is 0.106. The third kappa shape index (κ3) is 14.2. The van der Waals surface area contributed by atoms with Gasteiger partial charge in [-0.1, -0.05) is 58.3 Å². The monoisotopic (exact) mass is 418 g/mol. The van der Waals surface area contributed by atoms with Crippen LogP contribution < -0.4 is 0 Å². The molecule has 0 bridgehead atoms. The van der Waals surface area contributed by atoms with E-state index in [-0.39, 0.29) is 57.8 Å². The van der Waals surface area contributed by atoms with Crippen LogP contribution in [0.5, 0.6) is 0 Å². The van der Waals surface area contributed by atoms with Crippen molar-refractivity contribution in [1.82, 2.24) is 0 Å². The molecule has 5 N–H and O–H groups in total. The SMILES string of the molecule is CCCCCCCCCCCC(=O)OC(=O)[C@H](O)[C@@H](O)[C@H](O)[C@H](O)CO.[KH]. The molecular weight excluding hydrogens is 383 g/mol. The van der Waals surface area contributed by atoms with Crippen molar-refractivity contribution < 1.29 is 39.9 Å². The summed E-state index contributed by atoms with van der Waals surface area (Å²) < 4.78 is 4.43. The van der Waals surface area contributed by atoms with Gasteiger partial charge in [0.1, 0.15) is 18.3 Å². The first-order valence-electron chi connectivity index (χ1n) is 9.42. The van der Waals surface area contributed by atoms with Gasteiger partial charge in [0.25, 0.3) is 0 Å². The van der Waals surface area contributed by atoms with Gasteiger partial charge in [0.15, 0.2) is 6.10 Å². The van der Waals surface area contributed by atoms with Crippen LogP contribution in [0.15, 0.2) is 0 Å². The van der Waals surface area contributed by atoms with Crippen molar-refractivity contribution in [2.24, 2.45) is 0 Å². The summed E-state index contributed by atoms with van der Waals surface area (Å²) in [5, 5.41) is 46.3. The minimum absolute atomic E-state index is 0. The molecule has 0 saturated carbocycles. The molecule has 0 amide bonds. The van der Waals surface area contributed by atoms with Gasteiger partial charge in [0.2, 0.25) is 0 Å². The maximum absolute atomic E-state index is 11.6. The van der Waals surface area contributed by atoms with E-state index >= 15 is 0 Å². The van der Waals surface area contributed by atoms with E-state index in [0.717, 1.165) is 19.3 Å². The fraction of sp³-hybridized carbons (Fsp3) is 0.889. The number of rotatable bonds is 15. The first kappa shape index (κ1) is 29.8. The number of aliphatic hydroxyl groups is 5. The number of carbonyl (C=O) groups excluding carboxylic acids is 2. The van der Waals surface area contributed by atoms with Crippen molar-refractivity contribution >= 4 is 63.3 Å². The van der Waals surface area contributed by atoms with Crippen LogP contribution >= 0.6 is 0 Å². The topological polar surface area (TPSA) is 145 Å². The Morgan fingerprint density at radius 3 is 1.78 bits per heavy atom. The van der Waals surface area contributed by atoms with Gasteiger partial charge in [-0.15, -0.1) is 0 Å². The van der Waals surface area contributed by atoms with Crippen LogP contribution in [-0.2, 0) is 14.3 Å². The summed E-state index contributed by atoms with van der Waals surface area (Å²) in [5.74, 6) is -2.22. The molecule has 0 aromatic heterocycles. The van der Waals surface area contributed by atoms with Gasteiger partial charge >= 0.3 is 63.3 Å². The minimum atomic E-state index is -2.20. The molecule has 0 aromatic carbocycles. The standard InChI is InChI=1S/C18H34O8.K.H/c1-2-3-4-5-6-7-8-9-10-11-14(21)26-18(25)17(24)16(23)15(22)13(20)12-19;;/h13,15-17,19-20,22-24H,2-12H2,1H3;;/t13-,15-,16+,17-;;/m1../s1. The summed E-state index contributed by atoms with van der Waals surface area (Å²) in [6, 6.07) is 0. The van der Waals surface area contributed by atoms with Crippen molar-refractivity contribution in [2.45, 2.75) is 95.5 Å². The van der Waals surface area contributed by atoms with E-state index in [1.807, 2.05) is 0 Å². The number of carbonyl (C=O) groups is 2. The van der Waals surface area contributed by atoms with Crippen LogP contribution in [0.2, 0.25) is 0 Å². The van der Waals surface area contributed by atoms with Crippen LogP contribution in [0.3, 0.4) is 0 Å². The van der Waals surface area contributed by atoms with Crippen molar-refractivity contribution in [3.05, 3.63) is 0 Å². The summed E-state index contributed by atoms with van der Waals surface area (Å²) in [6.07, 6.45) is 1.70. The number of aliphatic hydroxyl groups excluding tert-OH is 5. The molecule has 0 heterocycles. The van der Waals surface area contributed by atoms with Crippen LogP contribution in [0.1, 0.15) is 71.1 Å². The Bertz CT molecular complexity index is 394. The molecule has 0 spiro atoms. The molecule has 0 fully saturated rings. The third-order valence-corrected chi connectivity index (χ3v) is 4.20. The van der Waals surface area contributed by atoms with Crippen molar-refractivity contribution in [3.63, 3.8) is 0 Å². The summed E-state index contributed by atoms with van der Waals surface area (Å²) in [4.78, 5) is 23.1. The molecule has 0 rings (SSSR count). The molecule has 0 saturated heterocycles. The van der Waals surface area contributed by atoms with E-state index in [0.29, 0.717) is 6.42 Å². The number of hydrogen-bond donors (Lipinski definition) is 5. The zero-order chi connectivity index (χ0) is 19.9. The molecule has 0 radical (unpaired) electrons. The van der Waals surface area contributed by atoms with Gasteiger partial charge in [-0.25, -0.2) is 4.79 Å². The van der Waals surface area contributed by atoms with E-state index in [1.165, 1.54) is 32.1 Å². The first-order chi connectivity index (χ1) is 12.3. The van der Waals surface area contributed by atoms with Crippen LogP contribution in [0.25, 0.3) is 0 Å². The molecule has 9 heteroatoms. The number of unbranched alkanes of at least 4 members (excludes halogenated alkanes) is 8. The molecule has 156 valence electrons. The molecule has 0 unspecified atom stereocenters. The van der Waals surface area contributed by atoms with Crippen molar-refractivity contribution in [1.29, 1.82) is 0 Å². The Morgan fingerprint density at radius 1 is 0.815 bits per heavy atom. The molecular formula is C18H35KO8. The second-order valence-corrected chi connectivity index (χ2v) is 6.55. The summed E-state index contributed by atoms with van der Waals surface area (Å²) in [7, 11) is 0. The van der Waals surface area contributed by atoms with Gasteiger partial charge in [0.05, 0.1) is 6.61 Å². The Morgan fingerprint density at radius 2 is 1.30 bits per heavy atom. The molecule has 0 aliphatic carbocycles. The number of hydrogen-bond acceptors (Lipinski definition) is 8. The second kappa shape index (κ2) is 18.6. The zero-order valence-electron chi connectivity index (χ0n) is 15.5. The third-order valence-electron chi connectivity index (χ3n) is 4.20. The summed E-state index contributed by atoms with van der Waals surface area (Å²) in [5.41, 5.74) is 0. The Labute approximate surface area is 203 Å². The van der Waals surface area contributed by atoms with E-state index in [2.05, 4.69) is 11.7 Å². The fourth-order valence-electron chi connectivity index (χ4n) is 2.47. The van der Waals surface area contributed by atoms with E-state index < -0.39 is 43.0 Å². The molecule has 0 aromatic rings. The average Bonchev–Trinajstić information content (AvgIpc) is 2.63. The number of esters is 2. The molecule has 0 aliphatic heterocycles. The maximum atomic E-state index is 11.6. The van der Waals surface area contributed by atoms with Crippen LogP contribution in [-0.4, -0.2) is 120 Å². The van der Waals surface area contributed by atoms with Crippen molar-refractivity contribution in [2.75, 3.05) is 6.61 Å². The van der Waals surface area contributed by atoms with Gasteiger partial charge in [-0.3, -0.25) is 4.79 Å². The zero-order valence-corrected chi connectivity index (χ0v) is 15.5. The summed E-state index contributed by atoms with van der Waals surface area (Å²) >= 11 is 0. The Kier molecular flexibility index (Phi) is 20.5. The summed E-state index contributed by atoms with van der Waals surface area (Å²) in [6.45, 7) is 1.31. The second-order valence-electron chi connectivity index (χ2n) is 6.55. The van der Waals surface area contributed by atoms with Gasteiger partial charge in [0, 0.05) is 6.42 Å². The van der Waals surface area contributed by atoms with E-state index in [9.17, 15) is 24.9 Å². The fourth-order valence-corrected chi connectivity index (χ4v) is 2.47. The van der Waals surface area contributed by atoms with Crippen LogP contribution in [0, 0.1) is 0 Å². The predicted octanol–water partition coefficient (Wildman–Crippen LogP) is -0.235. The first-order valence-corrected chi connectivity index (χ1v) is 9.42. The average molecular weight is 419 g/mol. The number of ether oxygens (including phenoxy) is 1. The predicted molar refractivity (Wildman–Crippen MR) is 101 cm³/mol. The molecule has 0 aliphatic rings. The van der Waals surface area contributed by atoms with Gasteiger partial charge in [-0.05, 0) is 6.42 Å². The van der Waals surface area contributed by atoms with E-state index in [1.54, 1.807) is 0 Å². The molecule has 27 heavy (non-hydrogen) atoms. The Hall–Kier alpha value is 0.576. The van der Waals surface area contributed by atoms with Gasteiger partial charge < -0.3 is 30.3 Å². The normalized spacial score (nSPS) is 15.3. The van der Waals surface area contributed by atoms with E-state index in [4.69, 9.17) is 10.2 Å².